The normalized spacial score (nSPS) is 13.5. The Kier molecular flexibility index (Phi) is 11.1. The smallest absolute Gasteiger partial charge is 0.457 e. The van der Waals surface area contributed by atoms with Crippen LogP contribution < -0.4 is 19.1 Å². The Morgan fingerprint density at radius 1 is 0.507 bits per heavy atom. The first-order chi connectivity index (χ1) is 31.3. The van der Waals surface area contributed by atoms with E-state index < -0.39 is 8.07 Å². The highest BCUT2D eigenvalue weighted by atomic mass is 28.3. The summed E-state index contributed by atoms with van der Waals surface area (Å²) in [5, 5.41) is 3.81. The van der Waals surface area contributed by atoms with Crippen LogP contribution in [-0.2, 0) is 21.7 Å². The predicted molar refractivity (Wildman–Crippen MR) is 289 cm³/mol. The minimum absolute atomic E-state index is 0.00889. The predicted octanol–water partition coefficient (Wildman–Crippen LogP) is 16.2. The largest absolute Gasteiger partial charge is 0.503 e. The molecule has 1 aliphatic rings. The molecule has 6 aromatic carbocycles. The molecule has 0 radical (unpaired) electrons. The van der Waals surface area contributed by atoms with Crippen molar-refractivity contribution in [3.05, 3.63) is 162 Å². The molecule has 0 amide bonds. The molecule has 9 rings (SSSR count). The number of hydrogen-bond acceptors (Lipinski definition) is 2. The Labute approximate surface area is 400 Å². The highest BCUT2D eigenvalue weighted by molar-refractivity contribution is 6.88. The average Bonchev–Trinajstić information content (AvgIpc) is 3.81. The van der Waals surface area contributed by atoms with Gasteiger partial charge in [0.2, 0.25) is 11.4 Å². The van der Waals surface area contributed by atoms with Crippen LogP contribution in [0, 0.1) is 0 Å². The van der Waals surface area contributed by atoms with Crippen LogP contribution in [0.25, 0.3) is 38.8 Å². The average molecular weight is 901 g/mol. The van der Waals surface area contributed by atoms with Gasteiger partial charge in [0.05, 0.1) is 30.7 Å². The summed E-state index contributed by atoms with van der Waals surface area (Å²) in [6.07, 6.45) is 1.94. The van der Waals surface area contributed by atoms with Crippen LogP contribution >= 0.6 is 0 Å². The summed E-state index contributed by atoms with van der Waals surface area (Å²) in [5.41, 5.74) is 13.8. The Balaban J connectivity index is 1.20. The molecule has 0 saturated heterocycles. The number of hydrogen-bond donors (Lipinski definition) is 0. The van der Waals surface area contributed by atoms with Crippen LogP contribution in [-0.4, -0.2) is 23.6 Å². The fraction of sp³-hybridized carbons (Fsp3) is 0.311. The van der Waals surface area contributed by atoms with Crippen LogP contribution in [0.4, 0.5) is 22.7 Å². The lowest BCUT2D eigenvalue weighted by molar-refractivity contribution is 0.483. The number of aromatic nitrogens is 2. The summed E-state index contributed by atoms with van der Waals surface area (Å²) in [4.78, 5) is 4.96. The third-order valence-corrected chi connectivity index (χ3v) is 15.4. The van der Waals surface area contributed by atoms with Gasteiger partial charge in [-0.3, -0.25) is 4.57 Å². The first-order valence-electron chi connectivity index (χ1n) is 23.9. The molecule has 0 fully saturated rings. The van der Waals surface area contributed by atoms with Gasteiger partial charge in [-0.1, -0.05) is 156 Å². The molecule has 1 aliphatic heterocycles. The van der Waals surface area contributed by atoms with Crippen LogP contribution in [0.1, 0.15) is 105 Å². The van der Waals surface area contributed by atoms with Crippen molar-refractivity contribution in [2.24, 2.45) is 0 Å². The molecular formula is C61H68N4OSi+2. The van der Waals surface area contributed by atoms with Gasteiger partial charge in [0.15, 0.2) is 0 Å². The monoisotopic (exact) mass is 901 g/mol. The molecule has 0 saturated carbocycles. The molecule has 0 bridgehead atoms. The fourth-order valence-corrected chi connectivity index (χ4v) is 10.3. The van der Waals surface area contributed by atoms with Crippen molar-refractivity contribution in [1.29, 1.82) is 0 Å². The molecule has 0 spiro atoms. The maximum atomic E-state index is 6.88. The van der Waals surface area contributed by atoms with Gasteiger partial charge in [-0.15, -0.1) is 0 Å². The molecule has 0 aliphatic carbocycles. The second-order valence-electron chi connectivity index (χ2n) is 23.8. The second-order valence-corrected chi connectivity index (χ2v) is 28.9. The highest BCUT2D eigenvalue weighted by Gasteiger charge is 2.41. The molecule has 67 heavy (non-hydrogen) atoms. The van der Waals surface area contributed by atoms with Crippen LogP contribution in [0.3, 0.4) is 0 Å². The van der Waals surface area contributed by atoms with Crippen molar-refractivity contribution in [2.75, 3.05) is 0 Å². The maximum absolute atomic E-state index is 6.88. The van der Waals surface area contributed by atoms with Crippen LogP contribution in [0.15, 0.2) is 140 Å². The third kappa shape index (κ3) is 8.86. The molecule has 8 aromatic rings. The number of para-hydroxylation sites is 1. The van der Waals surface area contributed by atoms with Crippen LogP contribution in [0.5, 0.6) is 11.5 Å². The zero-order chi connectivity index (χ0) is 48.0. The first kappa shape index (κ1) is 45.8. The van der Waals surface area contributed by atoms with E-state index in [1.165, 1.54) is 49.3 Å². The summed E-state index contributed by atoms with van der Waals surface area (Å²) < 4.78 is 13.7. The number of pyridine rings is 1. The summed E-state index contributed by atoms with van der Waals surface area (Å²) in [6, 6.07) is 53.0. The van der Waals surface area contributed by atoms with Gasteiger partial charge in [0.25, 0.3) is 5.69 Å². The summed E-state index contributed by atoms with van der Waals surface area (Å²) in [5.74, 6) is 2.40. The van der Waals surface area contributed by atoms with E-state index in [-0.39, 0.29) is 21.7 Å². The minimum atomic E-state index is -1.59. The van der Waals surface area contributed by atoms with Gasteiger partial charge in [-0.2, -0.15) is 0 Å². The number of rotatable bonds is 7. The van der Waals surface area contributed by atoms with E-state index in [4.69, 9.17) is 9.72 Å². The SMILES string of the molecule is CC(C)(C)c1cc([N+]2=C=[N+](c3cccc(Oc4ccc5c6cc(C(C)(C)C)ccc6n(-c6cc(C(C)(C)C)ccn6)c5c4)c3)c3cccc(-c4cccc([Si](C)(C)C)c4)c32)cc(C(C)(C)C)c1. The topological polar surface area (TPSA) is 33.1 Å². The van der Waals surface area contributed by atoms with Crippen molar-refractivity contribution in [1.82, 2.24) is 18.7 Å². The van der Waals surface area contributed by atoms with Crippen molar-refractivity contribution >= 4 is 63.8 Å². The van der Waals surface area contributed by atoms with Crippen molar-refractivity contribution in [3.63, 3.8) is 0 Å². The zero-order valence-electron chi connectivity index (χ0n) is 42.5. The quantitative estimate of drug-likeness (QED) is 0.118. The summed E-state index contributed by atoms with van der Waals surface area (Å²) >= 11 is 0. The molecule has 5 nitrogen and oxygen atoms in total. The van der Waals surface area contributed by atoms with E-state index >= 15 is 0 Å². The molecule has 0 unspecified atom stereocenters. The highest BCUT2D eigenvalue weighted by Crippen LogP contribution is 2.45. The van der Waals surface area contributed by atoms with Crippen LogP contribution in [0.2, 0.25) is 19.6 Å². The maximum Gasteiger partial charge on any atom is 0.503 e. The van der Waals surface area contributed by atoms with Crippen molar-refractivity contribution in [2.45, 2.75) is 124 Å². The standard InChI is InChI=1S/C61H68N4OSi/c1-58(2,3)41-25-28-53-52(35-41)51-27-26-48(38-55(51)65(53)56-36-42(29-30-62-56)59(4,5)6)66-47-21-17-20-45(37-47)63-39-64(46-33-43(60(7,8)9)32-44(34-46)61(10,11)12)57-50(23-18-24-54(57)63)40-19-16-22-49(31-40)67(13,14)15/h16-38H,1-15H3/q+2. The number of ether oxygens (including phenoxy) is 1. The van der Waals surface area contributed by atoms with Gasteiger partial charge < -0.3 is 4.74 Å². The van der Waals surface area contributed by atoms with Gasteiger partial charge in [-0.05, 0) is 107 Å². The van der Waals surface area contributed by atoms with E-state index in [1.807, 2.05) is 12.3 Å². The van der Waals surface area contributed by atoms with E-state index in [9.17, 15) is 0 Å². The number of benzene rings is 6. The van der Waals surface area contributed by atoms with E-state index in [0.717, 1.165) is 51.1 Å². The van der Waals surface area contributed by atoms with Gasteiger partial charge in [0, 0.05) is 47.3 Å². The Bertz CT molecular complexity index is 3290. The van der Waals surface area contributed by atoms with E-state index in [2.05, 4.69) is 250 Å². The second kappa shape index (κ2) is 16.2. The van der Waals surface area contributed by atoms with Crippen molar-refractivity contribution < 1.29 is 4.74 Å². The third-order valence-electron chi connectivity index (χ3n) is 13.4. The van der Waals surface area contributed by atoms with Gasteiger partial charge in [0.1, 0.15) is 17.3 Å². The number of fused-ring (bicyclic) bond motifs is 4. The summed E-state index contributed by atoms with van der Waals surface area (Å²) in [6.45, 7) is 34.6. The zero-order valence-corrected chi connectivity index (χ0v) is 43.5. The Morgan fingerprint density at radius 2 is 1.15 bits per heavy atom. The Morgan fingerprint density at radius 3 is 1.82 bits per heavy atom. The Hall–Kier alpha value is -6.33. The van der Waals surface area contributed by atoms with Gasteiger partial charge >= 0.3 is 11.7 Å². The lowest BCUT2D eigenvalue weighted by Crippen LogP contribution is -2.37. The molecule has 2 aromatic heterocycles. The number of nitrogens with zero attached hydrogens (tertiary/aromatic N) is 4. The molecule has 0 N–H and O–H groups in total. The lowest BCUT2D eigenvalue weighted by atomic mass is 9.80. The summed E-state index contributed by atoms with van der Waals surface area (Å²) in [7, 11) is -1.59. The van der Waals surface area contributed by atoms with E-state index in [1.54, 1.807) is 0 Å². The van der Waals surface area contributed by atoms with Crippen molar-refractivity contribution in [3.8, 4) is 28.4 Å². The molecule has 3 heterocycles. The minimum Gasteiger partial charge on any atom is -0.457 e. The molecule has 6 heteroatoms. The first-order valence-corrected chi connectivity index (χ1v) is 27.4. The lowest BCUT2D eigenvalue weighted by Gasteiger charge is -2.24. The fourth-order valence-electron chi connectivity index (χ4n) is 9.13. The molecular weight excluding hydrogens is 833 g/mol. The molecule has 0 atom stereocenters. The molecule has 340 valence electrons. The van der Waals surface area contributed by atoms with Gasteiger partial charge in [-0.25, -0.2) is 4.98 Å². The van der Waals surface area contributed by atoms with E-state index in [0.29, 0.717) is 0 Å².